The summed E-state index contributed by atoms with van der Waals surface area (Å²) in [6, 6.07) is 11.5. The molecule has 0 radical (unpaired) electrons. The van der Waals surface area contributed by atoms with Crippen molar-refractivity contribution < 1.29 is 14.3 Å². The van der Waals surface area contributed by atoms with Crippen molar-refractivity contribution in [1.82, 2.24) is 5.32 Å². The van der Waals surface area contributed by atoms with Gasteiger partial charge in [-0.25, -0.2) is 0 Å². The molecule has 0 bridgehead atoms. The van der Waals surface area contributed by atoms with Gasteiger partial charge in [0.1, 0.15) is 5.75 Å². The predicted octanol–water partition coefficient (Wildman–Crippen LogP) is 4.23. The molecule has 142 valence electrons. The fourth-order valence-electron chi connectivity index (χ4n) is 2.73. The summed E-state index contributed by atoms with van der Waals surface area (Å²) in [5, 5.41) is 5.89. The van der Waals surface area contributed by atoms with Crippen LogP contribution in [0.2, 0.25) is 0 Å². The van der Waals surface area contributed by atoms with Gasteiger partial charge < -0.3 is 15.4 Å². The number of carbonyl (C=O) groups excluding carboxylic acids is 2. The number of aryl methyl sites for hydroxylation is 2. The average Bonchev–Trinajstić information content (AvgIpc) is 3.46. The Labute approximate surface area is 167 Å². The van der Waals surface area contributed by atoms with E-state index < -0.39 is 0 Å². The number of methoxy groups -OCH3 is 1. The first kappa shape index (κ1) is 19.4. The van der Waals surface area contributed by atoms with Gasteiger partial charge in [-0.05, 0) is 77.5 Å². The lowest BCUT2D eigenvalue weighted by atomic mass is 10.1. The molecular weight excluding hydrogens is 408 g/mol. The number of hydrogen-bond acceptors (Lipinski definition) is 3. The summed E-state index contributed by atoms with van der Waals surface area (Å²) in [7, 11) is 1.62. The van der Waals surface area contributed by atoms with Crippen LogP contribution in [0.5, 0.6) is 5.75 Å². The Kier molecular flexibility index (Phi) is 6.16. The summed E-state index contributed by atoms with van der Waals surface area (Å²) in [5.41, 5.74) is 3.23. The van der Waals surface area contributed by atoms with Gasteiger partial charge >= 0.3 is 0 Å². The van der Waals surface area contributed by atoms with Crippen molar-refractivity contribution in [3.63, 3.8) is 0 Å². The molecular formula is C21H23BrN2O3. The van der Waals surface area contributed by atoms with Gasteiger partial charge in [-0.2, -0.15) is 0 Å². The maximum absolute atomic E-state index is 12.4. The Morgan fingerprint density at radius 1 is 1.19 bits per heavy atom. The van der Waals surface area contributed by atoms with Crippen molar-refractivity contribution in [2.75, 3.05) is 12.4 Å². The van der Waals surface area contributed by atoms with E-state index in [2.05, 4.69) is 26.6 Å². The topological polar surface area (TPSA) is 67.4 Å². The monoisotopic (exact) mass is 430 g/mol. The maximum Gasteiger partial charge on any atom is 0.251 e. The number of benzene rings is 2. The largest absolute Gasteiger partial charge is 0.496 e. The normalized spacial score (nSPS) is 13.1. The molecule has 2 aromatic rings. The molecule has 1 fully saturated rings. The van der Waals surface area contributed by atoms with Crippen molar-refractivity contribution in [2.45, 2.75) is 38.6 Å². The lowest BCUT2D eigenvalue weighted by molar-refractivity contribution is -0.116. The molecule has 1 saturated carbocycles. The lowest BCUT2D eigenvalue weighted by Crippen LogP contribution is -2.25. The predicted molar refractivity (Wildman–Crippen MR) is 109 cm³/mol. The third-order valence-corrected chi connectivity index (χ3v) is 5.16. The van der Waals surface area contributed by atoms with E-state index in [1.807, 2.05) is 31.2 Å². The molecule has 27 heavy (non-hydrogen) atoms. The van der Waals surface area contributed by atoms with E-state index in [4.69, 9.17) is 4.74 Å². The molecule has 0 aromatic heterocycles. The lowest BCUT2D eigenvalue weighted by Gasteiger charge is -2.11. The summed E-state index contributed by atoms with van der Waals surface area (Å²) >= 11 is 3.46. The second-order valence-electron chi connectivity index (χ2n) is 6.79. The fourth-order valence-corrected chi connectivity index (χ4v) is 3.32. The molecule has 2 amide bonds. The first-order chi connectivity index (χ1) is 13.0. The van der Waals surface area contributed by atoms with Gasteiger partial charge in [0, 0.05) is 23.7 Å². The SMILES string of the molecule is COc1ccc(CCC(=O)Nc2cc(C(=O)NC3CC3)ccc2C)cc1Br. The standard InChI is InChI=1S/C21H23BrN2O3/c1-13-3-6-15(21(26)23-16-7-8-16)12-18(13)24-20(25)10-5-14-4-9-19(27-2)17(22)11-14/h3-4,6,9,11-12,16H,5,7-8,10H2,1-2H3,(H,23,26)(H,24,25). The molecule has 0 spiro atoms. The van der Waals surface area contributed by atoms with Crippen molar-refractivity contribution in [3.8, 4) is 5.75 Å². The van der Waals surface area contributed by atoms with Gasteiger partial charge in [0.2, 0.25) is 5.91 Å². The molecule has 0 atom stereocenters. The molecule has 6 heteroatoms. The van der Waals surface area contributed by atoms with Crippen LogP contribution in [0.25, 0.3) is 0 Å². The van der Waals surface area contributed by atoms with Crippen LogP contribution in [0.15, 0.2) is 40.9 Å². The quantitative estimate of drug-likeness (QED) is 0.690. The smallest absolute Gasteiger partial charge is 0.251 e. The van der Waals surface area contributed by atoms with E-state index in [1.54, 1.807) is 19.2 Å². The average molecular weight is 431 g/mol. The Hall–Kier alpha value is -2.34. The fraction of sp³-hybridized carbons (Fsp3) is 0.333. The van der Waals surface area contributed by atoms with Crippen LogP contribution in [0.3, 0.4) is 0 Å². The van der Waals surface area contributed by atoms with Crippen LogP contribution in [-0.2, 0) is 11.2 Å². The van der Waals surface area contributed by atoms with Gasteiger partial charge in [-0.1, -0.05) is 12.1 Å². The van der Waals surface area contributed by atoms with Crippen LogP contribution in [-0.4, -0.2) is 25.0 Å². The number of amides is 2. The van der Waals surface area contributed by atoms with Crippen LogP contribution in [0, 0.1) is 6.92 Å². The van der Waals surface area contributed by atoms with Crippen molar-refractivity contribution in [3.05, 3.63) is 57.6 Å². The van der Waals surface area contributed by atoms with E-state index in [-0.39, 0.29) is 11.8 Å². The van der Waals surface area contributed by atoms with Crippen LogP contribution < -0.4 is 15.4 Å². The van der Waals surface area contributed by atoms with E-state index in [0.29, 0.717) is 30.1 Å². The molecule has 0 saturated heterocycles. The second-order valence-corrected chi connectivity index (χ2v) is 7.65. The minimum absolute atomic E-state index is 0.0789. The first-order valence-corrected chi connectivity index (χ1v) is 9.79. The number of rotatable bonds is 7. The number of anilines is 1. The highest BCUT2D eigenvalue weighted by atomic mass is 79.9. The summed E-state index contributed by atoms with van der Waals surface area (Å²) in [6.45, 7) is 1.92. The highest BCUT2D eigenvalue weighted by Gasteiger charge is 2.24. The summed E-state index contributed by atoms with van der Waals surface area (Å²) in [6.07, 6.45) is 3.07. The molecule has 5 nitrogen and oxygen atoms in total. The molecule has 2 N–H and O–H groups in total. The van der Waals surface area contributed by atoms with Crippen molar-refractivity contribution in [2.24, 2.45) is 0 Å². The van der Waals surface area contributed by atoms with Gasteiger partial charge in [0.15, 0.2) is 0 Å². The molecule has 0 aliphatic heterocycles. The summed E-state index contributed by atoms with van der Waals surface area (Å²) in [4.78, 5) is 24.6. The number of carbonyl (C=O) groups is 2. The van der Waals surface area contributed by atoms with E-state index in [0.717, 1.165) is 34.2 Å². The highest BCUT2D eigenvalue weighted by Crippen LogP contribution is 2.26. The zero-order valence-corrected chi connectivity index (χ0v) is 17.1. The summed E-state index contributed by atoms with van der Waals surface area (Å²) < 4.78 is 6.09. The van der Waals surface area contributed by atoms with E-state index in [9.17, 15) is 9.59 Å². The Morgan fingerprint density at radius 2 is 1.96 bits per heavy atom. The maximum atomic E-state index is 12.4. The Morgan fingerprint density at radius 3 is 2.63 bits per heavy atom. The minimum atomic E-state index is -0.0870. The van der Waals surface area contributed by atoms with Crippen molar-refractivity contribution in [1.29, 1.82) is 0 Å². The van der Waals surface area contributed by atoms with Crippen LogP contribution >= 0.6 is 15.9 Å². The molecule has 3 rings (SSSR count). The molecule has 0 unspecified atom stereocenters. The van der Waals surface area contributed by atoms with Gasteiger partial charge in [-0.3, -0.25) is 9.59 Å². The van der Waals surface area contributed by atoms with Gasteiger partial charge in [0.05, 0.1) is 11.6 Å². The van der Waals surface area contributed by atoms with Gasteiger partial charge in [-0.15, -0.1) is 0 Å². The summed E-state index contributed by atoms with van der Waals surface area (Å²) in [5.74, 6) is 0.598. The minimum Gasteiger partial charge on any atom is -0.496 e. The number of ether oxygens (including phenoxy) is 1. The molecule has 1 aliphatic carbocycles. The van der Waals surface area contributed by atoms with E-state index >= 15 is 0 Å². The molecule has 2 aromatic carbocycles. The highest BCUT2D eigenvalue weighted by molar-refractivity contribution is 9.10. The number of nitrogens with one attached hydrogen (secondary N) is 2. The van der Waals surface area contributed by atoms with Crippen LogP contribution in [0.1, 0.15) is 40.7 Å². The van der Waals surface area contributed by atoms with Crippen molar-refractivity contribution >= 4 is 33.4 Å². The Balaban J connectivity index is 1.59. The Bertz CT molecular complexity index is 863. The molecule has 1 aliphatic rings. The van der Waals surface area contributed by atoms with Gasteiger partial charge in [0.25, 0.3) is 5.91 Å². The number of halogens is 1. The van der Waals surface area contributed by atoms with Crippen LogP contribution in [0.4, 0.5) is 5.69 Å². The second kappa shape index (κ2) is 8.57. The zero-order valence-electron chi connectivity index (χ0n) is 15.5. The van der Waals surface area contributed by atoms with E-state index in [1.165, 1.54) is 0 Å². The molecule has 0 heterocycles. The zero-order chi connectivity index (χ0) is 19.4. The third kappa shape index (κ3) is 5.32. The first-order valence-electron chi connectivity index (χ1n) is 9.00. The number of hydrogen-bond donors (Lipinski definition) is 2. The third-order valence-electron chi connectivity index (χ3n) is 4.54.